The Morgan fingerprint density at radius 3 is 2.44 bits per heavy atom. The van der Waals surface area contributed by atoms with Crippen molar-refractivity contribution in [2.45, 2.75) is 62.4 Å². The molecule has 3 heteroatoms. The summed E-state index contributed by atoms with van der Waals surface area (Å²) in [5.41, 5.74) is 7.77. The molecule has 1 aromatic rings. The summed E-state index contributed by atoms with van der Waals surface area (Å²) in [6.07, 6.45) is 1.08. The summed E-state index contributed by atoms with van der Waals surface area (Å²) < 4.78 is 6.14. The van der Waals surface area contributed by atoms with Crippen LogP contribution in [0.25, 0.3) is 0 Å². The van der Waals surface area contributed by atoms with Gasteiger partial charge in [-0.15, -0.1) is 11.8 Å². The summed E-state index contributed by atoms with van der Waals surface area (Å²) in [4.78, 5) is 1.31. The van der Waals surface area contributed by atoms with Crippen LogP contribution in [0.3, 0.4) is 0 Å². The van der Waals surface area contributed by atoms with Crippen molar-refractivity contribution in [3.63, 3.8) is 0 Å². The van der Waals surface area contributed by atoms with Crippen LogP contribution < -0.4 is 5.73 Å². The van der Waals surface area contributed by atoms with Gasteiger partial charge in [0.2, 0.25) is 0 Å². The van der Waals surface area contributed by atoms with Gasteiger partial charge in [0, 0.05) is 15.8 Å². The Morgan fingerprint density at radius 2 is 1.94 bits per heavy atom. The third kappa shape index (κ3) is 2.83. The van der Waals surface area contributed by atoms with Gasteiger partial charge >= 0.3 is 0 Å². The third-order valence-corrected chi connectivity index (χ3v) is 5.19. The molecule has 2 rings (SSSR count). The number of nitrogens with two attached hydrogens (primary N) is 1. The van der Waals surface area contributed by atoms with Crippen LogP contribution in [-0.2, 0) is 4.74 Å². The monoisotopic (exact) mass is 265 g/mol. The Morgan fingerprint density at radius 1 is 1.28 bits per heavy atom. The molecular formula is C15H23NOS. The highest BCUT2D eigenvalue weighted by molar-refractivity contribution is 8.00. The number of thioether (sulfide) groups is 1. The van der Waals surface area contributed by atoms with Crippen LogP contribution in [0.2, 0.25) is 0 Å². The summed E-state index contributed by atoms with van der Waals surface area (Å²) in [5, 5.41) is 0.481. The standard InChI is InChI=1S/C15H23NOS/c1-10-8-11(16)6-7-12(10)18-13-9-14(2,3)17-15(13,4)5/h6-8,13H,9,16H2,1-5H3. The fraction of sp³-hybridized carbons (Fsp3) is 0.600. The normalized spacial score (nSPS) is 25.3. The molecule has 0 spiro atoms. The molecule has 0 radical (unpaired) electrons. The van der Waals surface area contributed by atoms with Gasteiger partial charge in [0.1, 0.15) is 0 Å². The molecule has 0 aliphatic carbocycles. The molecule has 1 aliphatic rings. The maximum atomic E-state index is 6.14. The quantitative estimate of drug-likeness (QED) is 0.820. The van der Waals surface area contributed by atoms with E-state index in [1.165, 1.54) is 10.5 Å². The predicted molar refractivity (Wildman–Crippen MR) is 79.1 cm³/mol. The van der Waals surface area contributed by atoms with Gasteiger partial charge in [0.05, 0.1) is 11.2 Å². The number of hydrogen-bond acceptors (Lipinski definition) is 3. The molecule has 0 bridgehead atoms. The van der Waals surface area contributed by atoms with Crippen molar-refractivity contribution in [3.8, 4) is 0 Å². The van der Waals surface area contributed by atoms with E-state index < -0.39 is 0 Å². The highest BCUT2D eigenvalue weighted by atomic mass is 32.2. The minimum absolute atomic E-state index is 0.0249. The van der Waals surface area contributed by atoms with Crippen LogP contribution in [0, 0.1) is 6.92 Å². The van der Waals surface area contributed by atoms with Crippen molar-refractivity contribution in [1.82, 2.24) is 0 Å². The number of ether oxygens (including phenoxy) is 1. The fourth-order valence-electron chi connectivity index (χ4n) is 2.65. The zero-order valence-electron chi connectivity index (χ0n) is 11.9. The molecule has 1 heterocycles. The molecule has 1 saturated heterocycles. The van der Waals surface area contributed by atoms with Gasteiger partial charge in [-0.1, -0.05) is 0 Å². The number of nitrogen functional groups attached to an aromatic ring is 1. The van der Waals surface area contributed by atoms with E-state index in [1.807, 2.05) is 23.9 Å². The average molecular weight is 265 g/mol. The minimum atomic E-state index is -0.0814. The molecule has 0 aromatic heterocycles. The van der Waals surface area contributed by atoms with Crippen molar-refractivity contribution in [2.24, 2.45) is 0 Å². The summed E-state index contributed by atoms with van der Waals surface area (Å²) in [7, 11) is 0. The largest absolute Gasteiger partial charge is 0.399 e. The topological polar surface area (TPSA) is 35.2 Å². The van der Waals surface area contributed by atoms with Crippen LogP contribution in [0.15, 0.2) is 23.1 Å². The molecular weight excluding hydrogens is 242 g/mol. The fourth-order valence-corrected chi connectivity index (χ4v) is 4.17. The lowest BCUT2D eigenvalue weighted by molar-refractivity contribution is -0.0631. The second-order valence-corrected chi connectivity index (χ2v) is 7.55. The van der Waals surface area contributed by atoms with Crippen molar-refractivity contribution >= 4 is 17.4 Å². The molecule has 1 unspecified atom stereocenters. The second kappa shape index (κ2) is 4.46. The molecule has 1 aromatic carbocycles. The van der Waals surface area contributed by atoms with Crippen LogP contribution >= 0.6 is 11.8 Å². The Labute approximate surface area is 114 Å². The van der Waals surface area contributed by atoms with E-state index in [9.17, 15) is 0 Å². The highest BCUT2D eigenvalue weighted by Gasteiger charge is 2.46. The summed E-state index contributed by atoms with van der Waals surface area (Å²) in [6.45, 7) is 10.8. The maximum Gasteiger partial charge on any atom is 0.0756 e. The lowest BCUT2D eigenvalue weighted by Crippen LogP contribution is -2.30. The first-order valence-electron chi connectivity index (χ1n) is 6.43. The van der Waals surface area contributed by atoms with E-state index in [0.29, 0.717) is 5.25 Å². The maximum absolute atomic E-state index is 6.14. The minimum Gasteiger partial charge on any atom is -0.399 e. The molecule has 1 aliphatic heterocycles. The van der Waals surface area contributed by atoms with Gasteiger partial charge in [0.25, 0.3) is 0 Å². The first kappa shape index (κ1) is 13.8. The van der Waals surface area contributed by atoms with E-state index >= 15 is 0 Å². The summed E-state index contributed by atoms with van der Waals surface area (Å²) in [5.74, 6) is 0. The number of anilines is 1. The third-order valence-electron chi connectivity index (χ3n) is 3.46. The Bertz CT molecular complexity index is 454. The number of aryl methyl sites for hydroxylation is 1. The van der Waals surface area contributed by atoms with E-state index in [2.05, 4.69) is 40.7 Å². The predicted octanol–water partition coefficient (Wildman–Crippen LogP) is 4.02. The van der Waals surface area contributed by atoms with Crippen LogP contribution in [0.5, 0.6) is 0 Å². The summed E-state index contributed by atoms with van der Waals surface area (Å²) >= 11 is 1.92. The second-order valence-electron chi connectivity index (χ2n) is 6.30. The molecule has 1 fully saturated rings. The van der Waals surface area contributed by atoms with Gasteiger partial charge in [0.15, 0.2) is 0 Å². The number of rotatable bonds is 2. The van der Waals surface area contributed by atoms with Gasteiger partial charge in [-0.05, 0) is 64.8 Å². The van der Waals surface area contributed by atoms with Crippen LogP contribution in [0.4, 0.5) is 5.69 Å². The van der Waals surface area contributed by atoms with Gasteiger partial charge < -0.3 is 10.5 Å². The van der Waals surface area contributed by atoms with Crippen molar-refractivity contribution < 1.29 is 4.74 Å². The smallest absolute Gasteiger partial charge is 0.0756 e. The van der Waals surface area contributed by atoms with Gasteiger partial charge in [-0.3, -0.25) is 0 Å². The molecule has 2 N–H and O–H groups in total. The Kier molecular flexibility index (Phi) is 3.41. The molecule has 0 amide bonds. The average Bonchev–Trinajstić information content (AvgIpc) is 2.39. The van der Waals surface area contributed by atoms with Crippen molar-refractivity contribution in [1.29, 1.82) is 0 Å². The molecule has 100 valence electrons. The SMILES string of the molecule is Cc1cc(N)ccc1SC1CC(C)(C)OC1(C)C. The zero-order valence-corrected chi connectivity index (χ0v) is 12.7. The molecule has 18 heavy (non-hydrogen) atoms. The summed E-state index contributed by atoms with van der Waals surface area (Å²) in [6, 6.07) is 6.14. The lowest BCUT2D eigenvalue weighted by atomic mass is 10.0. The van der Waals surface area contributed by atoms with Crippen LogP contribution in [0.1, 0.15) is 39.7 Å². The van der Waals surface area contributed by atoms with E-state index in [-0.39, 0.29) is 11.2 Å². The number of hydrogen-bond donors (Lipinski definition) is 1. The Hall–Kier alpha value is -0.670. The molecule has 2 nitrogen and oxygen atoms in total. The van der Waals surface area contributed by atoms with Crippen LogP contribution in [-0.4, -0.2) is 16.5 Å². The van der Waals surface area contributed by atoms with E-state index in [1.54, 1.807) is 0 Å². The highest BCUT2D eigenvalue weighted by Crippen LogP contribution is 2.46. The van der Waals surface area contributed by atoms with E-state index in [0.717, 1.165) is 12.1 Å². The van der Waals surface area contributed by atoms with Gasteiger partial charge in [-0.25, -0.2) is 0 Å². The molecule has 1 atom stereocenters. The molecule has 0 saturated carbocycles. The van der Waals surface area contributed by atoms with Crippen molar-refractivity contribution in [2.75, 3.05) is 5.73 Å². The van der Waals surface area contributed by atoms with Gasteiger partial charge in [-0.2, -0.15) is 0 Å². The number of benzene rings is 1. The lowest BCUT2D eigenvalue weighted by Gasteiger charge is -2.27. The Balaban J connectivity index is 2.19. The van der Waals surface area contributed by atoms with E-state index in [4.69, 9.17) is 10.5 Å². The first-order valence-corrected chi connectivity index (χ1v) is 7.30. The zero-order chi connectivity index (χ0) is 13.6. The van der Waals surface area contributed by atoms with Crippen molar-refractivity contribution in [3.05, 3.63) is 23.8 Å². The first-order chi connectivity index (χ1) is 8.20.